The molecule has 0 amide bonds. The van der Waals surface area contributed by atoms with Gasteiger partial charge in [0.15, 0.2) is 0 Å². The van der Waals surface area contributed by atoms with E-state index in [0.29, 0.717) is 205 Å². The van der Waals surface area contributed by atoms with Crippen molar-refractivity contribution in [1.82, 2.24) is 0 Å². The number of ether oxygens (including phenoxy) is 3. The van der Waals surface area contributed by atoms with Gasteiger partial charge in [-0.1, -0.05) is 0 Å². The fourth-order valence-corrected chi connectivity index (χ4v) is 23.6. The SMILES string of the molecule is CCCCO[PH](O)(OCCCC)OCC1OC(CO[PH](O)(OCCCC)OCCCC)(O[C@H]2OC(CO[PH](O)(OCCCC)OCCCC)[C@@H](O[PH](O)(OCCCC)OCCCC)[C@H](O[PH](O)(OCCCC)OCCCC)C2O[PH](O)(OCCCC)OCCCC)C(O[PH](O)(OCCCC)OCCCC)C1O[PH](O)(OCCCC)OCCCC. The molecule has 2 rings (SSSR count). The molecule has 8 N–H and O–H groups in total. The van der Waals surface area contributed by atoms with Crippen LogP contribution in [0.1, 0.15) is 316 Å². The van der Waals surface area contributed by atoms with Crippen molar-refractivity contribution < 1.29 is 162 Å². The number of hydrogen-bond acceptors (Lipinski definition) is 35. The van der Waals surface area contributed by atoms with Gasteiger partial charge in [0.1, 0.15) is 0 Å². The predicted molar refractivity (Wildman–Crippen MR) is 478 cm³/mol. The summed E-state index contributed by atoms with van der Waals surface area (Å²) < 4.78 is 181. The topological polar surface area (TPSA) is 411 Å². The second-order valence-electron chi connectivity index (χ2n) is 29.8. The molecule has 2 aliphatic rings. The Morgan fingerprint density at radius 2 is 0.420 bits per heavy atom. The van der Waals surface area contributed by atoms with Crippen LogP contribution in [0.3, 0.4) is 0 Å². The summed E-state index contributed by atoms with van der Waals surface area (Å²) in [4.78, 5) is 106. The fraction of sp³-hybridized carbons (Fsp3) is 1.00. The molecule has 119 heavy (non-hydrogen) atoms. The molecule has 2 aliphatic heterocycles. The molecule has 0 spiro atoms. The quantitative estimate of drug-likeness (QED) is 0.0207. The van der Waals surface area contributed by atoms with Gasteiger partial charge in [-0.2, -0.15) is 0 Å². The summed E-state index contributed by atoms with van der Waals surface area (Å²) in [6, 6.07) is 0. The predicted octanol–water partition coefficient (Wildman–Crippen LogP) is 19.1. The van der Waals surface area contributed by atoms with Gasteiger partial charge in [0, 0.05) is 0 Å². The van der Waals surface area contributed by atoms with E-state index in [1.54, 1.807) is 0 Å². The zero-order valence-electron chi connectivity index (χ0n) is 75.8. The summed E-state index contributed by atoms with van der Waals surface area (Å²) in [5.74, 6) is -3.01. The molecule has 0 aliphatic carbocycles. The van der Waals surface area contributed by atoms with Gasteiger partial charge >= 0.3 is 724 Å². The molecule has 0 aromatic rings. The van der Waals surface area contributed by atoms with Gasteiger partial charge in [0.25, 0.3) is 0 Å². The van der Waals surface area contributed by atoms with E-state index in [-0.39, 0.29) is 106 Å². The van der Waals surface area contributed by atoms with E-state index in [4.69, 9.17) is 123 Å². The molecule has 9 atom stereocenters. The van der Waals surface area contributed by atoms with Crippen molar-refractivity contribution in [3.05, 3.63) is 0 Å². The van der Waals surface area contributed by atoms with Gasteiger partial charge in [-0.05, 0) is 0 Å². The molecule has 0 aromatic heterocycles. The second-order valence-corrected chi connectivity index (χ2v) is 44.9. The Labute approximate surface area is 720 Å². The molecule has 43 heteroatoms. The molecule has 35 nitrogen and oxygen atoms in total. The Kier molecular flexibility index (Phi) is 67.0. The van der Waals surface area contributed by atoms with Gasteiger partial charge in [-0.25, -0.2) is 0 Å². The van der Waals surface area contributed by atoms with Crippen LogP contribution in [0.2, 0.25) is 0 Å². The van der Waals surface area contributed by atoms with E-state index in [2.05, 4.69) is 0 Å². The van der Waals surface area contributed by atoms with Gasteiger partial charge in [-0.3, -0.25) is 0 Å². The summed E-state index contributed by atoms with van der Waals surface area (Å²) in [6.07, 6.45) is -0.288. The second kappa shape index (κ2) is 68.1. The number of unbranched alkanes of at least 4 members (excludes halogenated alkanes) is 16. The summed E-state index contributed by atoms with van der Waals surface area (Å²) in [6.45, 7) is 26.5. The normalized spacial score (nSPS) is 21.8. The standard InChI is InChI=1S/C76H174O35P8/c1-17-33-49-85-112(77,86-50-34-18-2)101-65-68-70(107-115(80,91-55-39-23-7)92-56-40-24-8)72(109-117(82,95-59-43-27-11)96-60-44-28-12)73(110-118(83,97-61-45-29-13)98-62-46-30-14)75(104-68)106-76(67-103-114(79,89-53-37-21-5)90-54-38-22-6)74(111-119(84,99-63-47-31-15)100-64-48-32-16)71(108-116(81,93-57-41-25-9)94-58-42-26-10)69(105-76)66-102-113(78,87-51-35-19-3)88-52-36-20-4/h68-75,77-84,112-119H,17-67H2,1-16H3/t68?,69?,70-,71?,72+,73?,74?,75-,76?/m1/s1. The summed E-state index contributed by atoms with van der Waals surface area (Å²) in [7, 11) is -41.2. The Morgan fingerprint density at radius 1 is 0.218 bits per heavy atom. The molecule has 2 saturated heterocycles. The van der Waals surface area contributed by atoms with E-state index in [1.165, 1.54) is 0 Å². The number of rotatable bonds is 85. The van der Waals surface area contributed by atoms with Gasteiger partial charge in [0.2, 0.25) is 0 Å². The van der Waals surface area contributed by atoms with Crippen molar-refractivity contribution in [2.75, 3.05) is 126 Å². The van der Waals surface area contributed by atoms with Gasteiger partial charge in [-0.15, -0.1) is 0 Å². The van der Waals surface area contributed by atoms with E-state index in [0.717, 1.165) is 0 Å². The van der Waals surface area contributed by atoms with Crippen LogP contribution in [-0.2, 0) is 123 Å². The third-order valence-electron chi connectivity index (χ3n) is 18.6. The van der Waals surface area contributed by atoms with Crippen LogP contribution < -0.4 is 0 Å². The van der Waals surface area contributed by atoms with Crippen LogP contribution in [0.5, 0.6) is 0 Å². The minimum atomic E-state index is -5.36. The third-order valence-corrected chi connectivity index (χ3v) is 32.1. The molecule has 0 saturated carbocycles. The summed E-state index contributed by atoms with van der Waals surface area (Å²) in [5, 5.41) is 0. The Bertz CT molecular complexity index is 2320. The van der Waals surface area contributed by atoms with Crippen LogP contribution >= 0.6 is 65.4 Å². The molecule has 0 bridgehead atoms. The first-order valence-electron chi connectivity index (χ1n) is 45.5. The molecule has 0 radical (unpaired) electrons. The van der Waals surface area contributed by atoms with Crippen molar-refractivity contribution in [2.24, 2.45) is 0 Å². The molecule has 2 fully saturated rings. The van der Waals surface area contributed by atoms with E-state index < -0.39 is 140 Å². The molecule has 6 unspecified atom stereocenters. The minimum absolute atomic E-state index is 0.00947. The van der Waals surface area contributed by atoms with Crippen LogP contribution in [0.15, 0.2) is 0 Å². The van der Waals surface area contributed by atoms with Crippen molar-refractivity contribution in [3.63, 3.8) is 0 Å². The summed E-state index contributed by atoms with van der Waals surface area (Å²) >= 11 is 0. The first kappa shape index (κ1) is 117. The van der Waals surface area contributed by atoms with E-state index >= 15 is 0 Å². The van der Waals surface area contributed by atoms with Crippen molar-refractivity contribution in [1.29, 1.82) is 0 Å². The van der Waals surface area contributed by atoms with Crippen LogP contribution in [0, 0.1) is 0 Å². The van der Waals surface area contributed by atoms with Crippen LogP contribution in [-0.4, -0.2) is 219 Å². The maximum atomic E-state index is 13.6. The molecule has 728 valence electrons. The zero-order valence-corrected chi connectivity index (χ0v) is 83.8. The Morgan fingerprint density at radius 3 is 0.672 bits per heavy atom. The van der Waals surface area contributed by atoms with Crippen LogP contribution in [0.25, 0.3) is 0 Å². The third kappa shape index (κ3) is 48.3. The van der Waals surface area contributed by atoms with Crippen molar-refractivity contribution >= 4 is 65.4 Å². The van der Waals surface area contributed by atoms with Crippen molar-refractivity contribution in [2.45, 2.75) is 371 Å². The number of hydrogen-bond donors (Lipinski definition) is 8. The first-order chi connectivity index (χ1) is 57.1. The van der Waals surface area contributed by atoms with E-state index in [1.807, 2.05) is 111 Å². The molecular formula is C76H174O35P8. The summed E-state index contributed by atoms with van der Waals surface area (Å²) in [5.41, 5.74) is 0. The zero-order chi connectivity index (χ0) is 88.3. The fourth-order valence-electron chi connectivity index (χ4n) is 11.1. The molecule has 2 heterocycles. The monoisotopic (exact) mass is 1890 g/mol. The Balaban J connectivity index is 4.04. The first-order valence-corrected chi connectivity index (χ1v) is 58.9. The van der Waals surface area contributed by atoms with Crippen molar-refractivity contribution in [3.8, 4) is 0 Å². The average Bonchev–Trinajstić information content (AvgIpc) is 1.66. The van der Waals surface area contributed by atoms with Gasteiger partial charge in [0.05, 0.1) is 0 Å². The van der Waals surface area contributed by atoms with E-state index in [9.17, 15) is 39.1 Å². The van der Waals surface area contributed by atoms with Gasteiger partial charge < -0.3 is 0 Å². The maximum absolute atomic E-state index is 13.6. The molecule has 0 aromatic carbocycles. The average molecular weight is 1900 g/mol. The van der Waals surface area contributed by atoms with Crippen LogP contribution in [0.4, 0.5) is 0 Å². The molecular weight excluding hydrogens is 1720 g/mol. The Hall–Kier alpha value is 2.04.